The normalized spacial score (nSPS) is 24.1. The summed E-state index contributed by atoms with van der Waals surface area (Å²) >= 11 is 0. The lowest BCUT2D eigenvalue weighted by molar-refractivity contribution is -0.130. The fourth-order valence-electron chi connectivity index (χ4n) is 3.08. The predicted molar refractivity (Wildman–Crippen MR) is 75.8 cm³/mol. The molecule has 0 radical (unpaired) electrons. The van der Waals surface area contributed by atoms with E-state index in [1.807, 2.05) is 0 Å². The highest BCUT2D eigenvalue weighted by molar-refractivity contribution is 5.85. The zero-order chi connectivity index (χ0) is 13.7. The van der Waals surface area contributed by atoms with Gasteiger partial charge >= 0.3 is 0 Å². The van der Waals surface area contributed by atoms with Crippen LogP contribution in [0, 0.1) is 5.92 Å². The summed E-state index contributed by atoms with van der Waals surface area (Å²) in [4.78, 5) is 12.0. The van der Waals surface area contributed by atoms with E-state index in [1.165, 1.54) is 19.3 Å². The zero-order valence-electron chi connectivity index (χ0n) is 12.1. The molecule has 1 atom stereocenters. The number of ether oxygens (including phenoxy) is 1. The van der Waals surface area contributed by atoms with Crippen molar-refractivity contribution < 1.29 is 9.53 Å². The minimum absolute atomic E-state index is 0.237. The number of carbonyl (C=O) groups is 1. The maximum absolute atomic E-state index is 12.0. The summed E-state index contributed by atoms with van der Waals surface area (Å²) in [7, 11) is 0. The highest BCUT2D eigenvalue weighted by Crippen LogP contribution is 2.40. The molecule has 3 N–H and O–H groups in total. The van der Waals surface area contributed by atoms with Crippen molar-refractivity contribution in [1.29, 1.82) is 0 Å². The molecule has 0 heterocycles. The van der Waals surface area contributed by atoms with Gasteiger partial charge in [0.05, 0.1) is 12.7 Å². The van der Waals surface area contributed by atoms with E-state index >= 15 is 0 Å². The molecule has 0 aromatic carbocycles. The summed E-state index contributed by atoms with van der Waals surface area (Å²) in [5.41, 5.74) is 5.07. The van der Waals surface area contributed by atoms with E-state index in [4.69, 9.17) is 10.5 Å². The highest BCUT2D eigenvalue weighted by Gasteiger charge is 2.50. The summed E-state index contributed by atoms with van der Waals surface area (Å²) in [5.74, 6) is 0.138. The fraction of sp³-hybridized carbons (Fsp3) is 0.933. The van der Waals surface area contributed by atoms with Gasteiger partial charge in [-0.25, -0.2) is 0 Å². The Balaban J connectivity index is 1.93. The second-order valence-corrected chi connectivity index (χ2v) is 6.11. The molecule has 2 aliphatic rings. The van der Waals surface area contributed by atoms with Crippen LogP contribution >= 0.6 is 0 Å². The van der Waals surface area contributed by atoms with Crippen molar-refractivity contribution in [2.24, 2.45) is 11.7 Å². The van der Waals surface area contributed by atoms with Gasteiger partial charge in [-0.1, -0.05) is 26.2 Å². The maximum Gasteiger partial charge on any atom is 0.240 e. The molecule has 0 aromatic rings. The van der Waals surface area contributed by atoms with Crippen LogP contribution in [0.25, 0.3) is 0 Å². The van der Waals surface area contributed by atoms with E-state index in [0.29, 0.717) is 18.6 Å². The van der Waals surface area contributed by atoms with Gasteiger partial charge in [-0.3, -0.25) is 4.79 Å². The lowest BCUT2D eigenvalue weighted by Crippen LogP contribution is -2.61. The van der Waals surface area contributed by atoms with Gasteiger partial charge in [0.25, 0.3) is 0 Å². The second-order valence-electron chi connectivity index (χ2n) is 6.11. The van der Waals surface area contributed by atoms with Gasteiger partial charge in [0.1, 0.15) is 5.54 Å². The van der Waals surface area contributed by atoms with Gasteiger partial charge < -0.3 is 15.8 Å². The third-order valence-electron chi connectivity index (χ3n) is 4.50. The summed E-state index contributed by atoms with van der Waals surface area (Å²) in [6.45, 7) is 3.39. The molecule has 0 aromatic heterocycles. The van der Waals surface area contributed by atoms with Crippen LogP contribution < -0.4 is 11.1 Å². The molecule has 0 spiro atoms. The summed E-state index contributed by atoms with van der Waals surface area (Å²) < 4.78 is 6.04. The Labute approximate surface area is 116 Å². The van der Waals surface area contributed by atoms with Crippen molar-refractivity contribution in [3.05, 3.63) is 0 Å². The van der Waals surface area contributed by atoms with E-state index in [9.17, 15) is 4.79 Å². The van der Waals surface area contributed by atoms with Gasteiger partial charge in [-0.05, 0) is 44.6 Å². The smallest absolute Gasteiger partial charge is 0.240 e. The van der Waals surface area contributed by atoms with Crippen LogP contribution in [0.15, 0.2) is 0 Å². The van der Waals surface area contributed by atoms with E-state index < -0.39 is 5.54 Å². The first-order chi connectivity index (χ1) is 9.19. The molecule has 0 saturated heterocycles. The topological polar surface area (TPSA) is 64.3 Å². The van der Waals surface area contributed by atoms with E-state index in [0.717, 1.165) is 38.6 Å². The highest BCUT2D eigenvalue weighted by atomic mass is 16.5. The molecule has 2 fully saturated rings. The Hall–Kier alpha value is -0.610. The SMILES string of the molecule is CCCNC(COC1CCCCC1)(C(N)=O)C1CC1. The van der Waals surface area contributed by atoms with Crippen molar-refractivity contribution in [3.8, 4) is 0 Å². The Morgan fingerprint density at radius 3 is 2.47 bits per heavy atom. The quantitative estimate of drug-likeness (QED) is 0.707. The van der Waals surface area contributed by atoms with Gasteiger partial charge in [0.15, 0.2) is 0 Å². The van der Waals surface area contributed by atoms with Crippen molar-refractivity contribution in [2.75, 3.05) is 13.2 Å². The number of nitrogens with two attached hydrogens (primary N) is 1. The number of hydrogen-bond donors (Lipinski definition) is 2. The minimum Gasteiger partial charge on any atom is -0.376 e. The molecule has 110 valence electrons. The van der Waals surface area contributed by atoms with Gasteiger partial charge in [0, 0.05) is 0 Å². The van der Waals surface area contributed by atoms with Crippen LogP contribution in [0.5, 0.6) is 0 Å². The van der Waals surface area contributed by atoms with Crippen LogP contribution in [0.4, 0.5) is 0 Å². The first-order valence-electron chi connectivity index (χ1n) is 7.85. The number of primary amides is 1. The molecule has 0 aliphatic heterocycles. The van der Waals surface area contributed by atoms with Crippen LogP contribution in [0.1, 0.15) is 58.3 Å². The number of rotatable bonds is 8. The van der Waals surface area contributed by atoms with E-state index in [-0.39, 0.29) is 5.91 Å². The molecule has 4 nitrogen and oxygen atoms in total. The number of amides is 1. The molecule has 19 heavy (non-hydrogen) atoms. The lowest BCUT2D eigenvalue weighted by atomic mass is 9.92. The summed E-state index contributed by atoms with van der Waals surface area (Å²) in [6.07, 6.45) is 9.60. The molecule has 1 unspecified atom stereocenters. The first-order valence-corrected chi connectivity index (χ1v) is 7.85. The molecule has 2 rings (SSSR count). The van der Waals surface area contributed by atoms with Gasteiger partial charge in [-0.15, -0.1) is 0 Å². The average Bonchev–Trinajstić information content (AvgIpc) is 3.25. The Morgan fingerprint density at radius 2 is 1.95 bits per heavy atom. The van der Waals surface area contributed by atoms with Crippen molar-refractivity contribution in [3.63, 3.8) is 0 Å². The van der Waals surface area contributed by atoms with Crippen molar-refractivity contribution >= 4 is 5.91 Å². The monoisotopic (exact) mass is 268 g/mol. The predicted octanol–water partition coefficient (Wildman–Crippen LogP) is 1.97. The lowest BCUT2D eigenvalue weighted by Gasteiger charge is -2.34. The summed E-state index contributed by atoms with van der Waals surface area (Å²) in [6, 6.07) is 0. The van der Waals surface area contributed by atoms with Gasteiger partial charge in [-0.2, -0.15) is 0 Å². The standard InChI is InChI=1S/C15H28N2O2/c1-2-10-17-15(14(16)18,12-8-9-12)11-19-13-6-4-3-5-7-13/h12-13,17H,2-11H2,1H3,(H2,16,18). The average molecular weight is 268 g/mol. The molecule has 2 saturated carbocycles. The van der Waals surface area contributed by atoms with Crippen molar-refractivity contribution in [1.82, 2.24) is 5.32 Å². The summed E-state index contributed by atoms with van der Waals surface area (Å²) in [5, 5.41) is 3.38. The van der Waals surface area contributed by atoms with Crippen LogP contribution in [-0.2, 0) is 9.53 Å². The fourth-order valence-corrected chi connectivity index (χ4v) is 3.08. The van der Waals surface area contributed by atoms with Crippen LogP contribution in [0.3, 0.4) is 0 Å². The Kier molecular flexibility index (Phi) is 5.22. The van der Waals surface area contributed by atoms with E-state index in [2.05, 4.69) is 12.2 Å². The largest absolute Gasteiger partial charge is 0.376 e. The van der Waals surface area contributed by atoms with Crippen LogP contribution in [-0.4, -0.2) is 30.7 Å². The first kappa shape index (κ1) is 14.8. The number of hydrogen-bond acceptors (Lipinski definition) is 3. The van der Waals surface area contributed by atoms with Gasteiger partial charge in [0.2, 0.25) is 5.91 Å². The second kappa shape index (κ2) is 6.71. The third-order valence-corrected chi connectivity index (χ3v) is 4.50. The zero-order valence-corrected chi connectivity index (χ0v) is 12.1. The van der Waals surface area contributed by atoms with Crippen LogP contribution in [0.2, 0.25) is 0 Å². The molecular weight excluding hydrogens is 240 g/mol. The molecule has 0 bridgehead atoms. The molecular formula is C15H28N2O2. The maximum atomic E-state index is 12.0. The molecule has 4 heteroatoms. The molecule has 2 aliphatic carbocycles. The molecule has 1 amide bonds. The van der Waals surface area contributed by atoms with Crippen molar-refractivity contribution in [2.45, 2.75) is 69.9 Å². The Bertz CT molecular complexity index is 299. The number of carbonyl (C=O) groups excluding carboxylic acids is 1. The minimum atomic E-state index is -0.618. The van der Waals surface area contributed by atoms with E-state index in [1.54, 1.807) is 0 Å². The Morgan fingerprint density at radius 1 is 1.26 bits per heavy atom. The third kappa shape index (κ3) is 3.69. The number of nitrogens with one attached hydrogen (secondary N) is 1.